The minimum absolute atomic E-state index is 0.00514. The van der Waals surface area contributed by atoms with E-state index in [1.165, 1.54) is 44.1 Å². The number of methoxy groups -OCH3 is 1. The van der Waals surface area contributed by atoms with E-state index in [1.54, 1.807) is 27.7 Å². The van der Waals surface area contributed by atoms with Crippen molar-refractivity contribution in [2.45, 2.75) is 153 Å². The Morgan fingerprint density at radius 1 is 0.852 bits per heavy atom. The van der Waals surface area contributed by atoms with Crippen LogP contribution < -0.4 is 42.4 Å². The fourth-order valence-electron chi connectivity index (χ4n) is 10.7. The molecule has 2 fully saturated rings. The molecule has 2 aromatic carbocycles. The Bertz CT molecular complexity index is 2840. The topological polar surface area (TPSA) is 418 Å². The first-order valence-corrected chi connectivity index (χ1v) is 26.6. The Morgan fingerprint density at radius 3 is 2.12 bits per heavy atom. The molecule has 2 aliphatic carbocycles. The molecule has 2 aliphatic heterocycles. The molecular weight excluding hydrogens is 1060 g/mol. The minimum Gasteiger partial charge on any atom is -0.507 e. The van der Waals surface area contributed by atoms with Crippen molar-refractivity contribution in [3.63, 3.8) is 0 Å². The first-order chi connectivity index (χ1) is 38.1. The van der Waals surface area contributed by atoms with E-state index in [-0.39, 0.29) is 72.2 Å². The van der Waals surface area contributed by atoms with Gasteiger partial charge >= 0.3 is 0 Å². The van der Waals surface area contributed by atoms with E-state index >= 15 is 0 Å². The summed E-state index contributed by atoms with van der Waals surface area (Å²) in [6, 6.07) is -2.22. The molecule has 442 valence electrons. The fourth-order valence-corrected chi connectivity index (χ4v) is 10.7. The van der Waals surface area contributed by atoms with Gasteiger partial charge in [0.1, 0.15) is 59.7 Å². The predicted molar refractivity (Wildman–Crippen MR) is 281 cm³/mol. The molecular formula is C54H72N8O19. The molecule has 13 N–H and O–H groups in total. The number of fused-ring (bicyclic) bond motifs is 3. The van der Waals surface area contributed by atoms with Crippen LogP contribution in [-0.4, -0.2) is 183 Å². The Labute approximate surface area is 465 Å². The molecule has 0 aromatic heterocycles. The summed E-state index contributed by atoms with van der Waals surface area (Å²) in [7, 11) is 1.26. The summed E-state index contributed by atoms with van der Waals surface area (Å²) in [6.07, 6.45) is -7.36. The molecule has 0 spiro atoms. The van der Waals surface area contributed by atoms with Gasteiger partial charge in [-0.2, -0.15) is 0 Å². The second-order valence-corrected chi connectivity index (χ2v) is 21.7. The van der Waals surface area contributed by atoms with Gasteiger partial charge in [0, 0.05) is 49.4 Å². The van der Waals surface area contributed by atoms with Gasteiger partial charge in [-0.15, -0.1) is 0 Å². The zero-order valence-electron chi connectivity index (χ0n) is 46.0. The summed E-state index contributed by atoms with van der Waals surface area (Å²) in [5.74, 6) is -11.2. The van der Waals surface area contributed by atoms with E-state index in [2.05, 4.69) is 31.9 Å². The number of hydrogen-bond acceptors (Lipinski definition) is 19. The van der Waals surface area contributed by atoms with Gasteiger partial charge < -0.3 is 82.3 Å². The van der Waals surface area contributed by atoms with Crippen LogP contribution in [-0.2, 0) is 59.0 Å². The molecule has 2 aromatic rings. The molecule has 0 saturated carbocycles. The lowest BCUT2D eigenvalue weighted by molar-refractivity contribution is -0.249. The van der Waals surface area contributed by atoms with Gasteiger partial charge in [-0.1, -0.05) is 39.8 Å². The highest BCUT2D eigenvalue weighted by molar-refractivity contribution is 6.31. The van der Waals surface area contributed by atoms with E-state index in [9.17, 15) is 78.3 Å². The molecule has 8 amide bonds. The van der Waals surface area contributed by atoms with Crippen LogP contribution in [0.3, 0.4) is 0 Å². The van der Waals surface area contributed by atoms with E-state index in [0.29, 0.717) is 12.8 Å². The number of hydrogen-bond donors (Lipinski definition) is 12. The van der Waals surface area contributed by atoms with Gasteiger partial charge in [-0.3, -0.25) is 52.7 Å². The summed E-state index contributed by atoms with van der Waals surface area (Å²) in [6.45, 7) is 7.74. The van der Waals surface area contributed by atoms with Gasteiger partial charge in [-0.05, 0) is 50.5 Å². The van der Waals surface area contributed by atoms with Crippen molar-refractivity contribution in [1.82, 2.24) is 36.8 Å². The summed E-state index contributed by atoms with van der Waals surface area (Å²) < 4.78 is 17.6. The van der Waals surface area contributed by atoms with E-state index in [0.717, 1.165) is 0 Å². The number of aliphatic hydroxyl groups is 3. The highest BCUT2D eigenvalue weighted by Gasteiger charge is 2.51. The molecule has 10 atom stereocenters. The van der Waals surface area contributed by atoms with E-state index in [1.807, 2.05) is 0 Å². The van der Waals surface area contributed by atoms with Gasteiger partial charge in [0.15, 0.2) is 17.9 Å². The molecule has 27 nitrogen and oxygen atoms in total. The van der Waals surface area contributed by atoms with Crippen LogP contribution >= 0.6 is 0 Å². The number of phenolic OH excluding ortho intramolecular Hbond substituents is 2. The third kappa shape index (κ3) is 14.3. The third-order valence-corrected chi connectivity index (χ3v) is 14.6. The SMILES string of the molecule is COc1cccc2c1C(=O)c1c(O)c3c(c(O)c1C2=O)C[C@@](O)(C(=O)CO)C[C@@H]3O[C@H]1C[C@H](NC(=O)[C@H](CC(C)C)NC(=O)[C@H](CC(N)=O)NC(=O)CNC(=O)[C@H](CC(C)C)NC(=O)[C@@H]2CCCN2C(=O)CNC(C)=O)[C@H](O)[C@H](C)O1. The molecule has 6 rings (SSSR count). The number of rotatable bonds is 23. The van der Waals surface area contributed by atoms with Crippen molar-refractivity contribution in [2.24, 2.45) is 17.6 Å². The van der Waals surface area contributed by atoms with Gasteiger partial charge in [-0.25, -0.2) is 0 Å². The second-order valence-electron chi connectivity index (χ2n) is 21.7. The van der Waals surface area contributed by atoms with Crippen molar-refractivity contribution in [2.75, 3.05) is 33.4 Å². The molecule has 0 bridgehead atoms. The van der Waals surface area contributed by atoms with Crippen molar-refractivity contribution in [3.05, 3.63) is 51.6 Å². The summed E-state index contributed by atoms with van der Waals surface area (Å²) in [4.78, 5) is 147. The number of amides is 8. The molecule has 27 heteroatoms. The van der Waals surface area contributed by atoms with Gasteiger partial charge in [0.05, 0.1) is 61.6 Å². The Kier molecular flexibility index (Phi) is 20.4. The number of carbonyl (C=O) groups is 11. The fraction of sp³-hybridized carbons (Fsp3) is 0.574. The number of nitrogens with two attached hydrogens (primary N) is 1. The highest BCUT2D eigenvalue weighted by atomic mass is 16.7. The third-order valence-electron chi connectivity index (χ3n) is 14.6. The predicted octanol–water partition coefficient (Wildman–Crippen LogP) is -2.18. The number of aliphatic hydroxyl groups excluding tert-OH is 2. The van der Waals surface area contributed by atoms with Crippen molar-refractivity contribution >= 4 is 64.6 Å². The molecule has 4 aliphatic rings. The lowest BCUT2D eigenvalue weighted by Gasteiger charge is -2.43. The van der Waals surface area contributed by atoms with E-state index in [4.69, 9.17) is 19.9 Å². The van der Waals surface area contributed by atoms with Crippen molar-refractivity contribution in [1.29, 1.82) is 0 Å². The summed E-state index contributed by atoms with van der Waals surface area (Å²) in [5.41, 5.74) is 0.769. The van der Waals surface area contributed by atoms with E-state index < -0.39 is 180 Å². The van der Waals surface area contributed by atoms with Crippen LogP contribution in [0, 0.1) is 11.8 Å². The Balaban J connectivity index is 1.15. The highest BCUT2D eigenvalue weighted by Crippen LogP contribution is 2.52. The first kappa shape index (κ1) is 62.6. The van der Waals surface area contributed by atoms with Crippen molar-refractivity contribution in [3.8, 4) is 17.2 Å². The monoisotopic (exact) mass is 1140 g/mol. The number of nitrogens with one attached hydrogen (secondary N) is 6. The van der Waals surface area contributed by atoms with Gasteiger partial charge in [0.2, 0.25) is 53.0 Å². The lowest BCUT2D eigenvalue weighted by atomic mass is 9.72. The Hall–Kier alpha value is -7.59. The quantitative estimate of drug-likeness (QED) is 0.0449. The lowest BCUT2D eigenvalue weighted by Crippen LogP contribution is -2.60. The van der Waals surface area contributed by atoms with Crippen LogP contribution in [0.2, 0.25) is 0 Å². The maximum Gasteiger partial charge on any atom is 0.243 e. The largest absolute Gasteiger partial charge is 0.507 e. The number of primary amides is 1. The molecule has 81 heavy (non-hydrogen) atoms. The van der Waals surface area contributed by atoms with Gasteiger partial charge in [0.25, 0.3) is 0 Å². The van der Waals surface area contributed by atoms with Crippen molar-refractivity contribution < 1.29 is 92.5 Å². The minimum atomic E-state index is -2.47. The number of Topliss-reactive ketones (excluding diaryl/α,β-unsaturated/α-hetero) is 1. The average Bonchev–Trinajstić information content (AvgIpc) is 4.08. The number of aromatic hydroxyl groups is 2. The summed E-state index contributed by atoms with van der Waals surface area (Å²) >= 11 is 0. The molecule has 2 saturated heterocycles. The van der Waals surface area contributed by atoms with Crippen LogP contribution in [0.1, 0.15) is 136 Å². The number of benzene rings is 2. The molecule has 2 heterocycles. The smallest absolute Gasteiger partial charge is 0.243 e. The number of phenols is 2. The Morgan fingerprint density at radius 2 is 1.51 bits per heavy atom. The first-order valence-electron chi connectivity index (χ1n) is 26.6. The van der Waals surface area contributed by atoms with Crippen LogP contribution in [0.5, 0.6) is 17.2 Å². The number of ketones is 3. The van der Waals surface area contributed by atoms with Crippen LogP contribution in [0.4, 0.5) is 0 Å². The maximum absolute atomic E-state index is 14.2. The average molecular weight is 1140 g/mol. The normalized spacial score (nSPS) is 23.2. The standard InChI is InChI=1S/C54H72N8O19/c1-23(2)14-30(61-53(77)33-11-9-13-62(33)39(68)21-56-26(6)64)50(74)57-20-38(67)58-32(16-37(55)66)52(76)60-31(15-24(3)4)51(75)59-29-17-40(80-25(5)45(29)69)81-35-19-54(78,36(65)22-63)18-28-42(35)49(73)44-43(47(28)71)46(70)27-10-8-12-34(79-7)41(27)48(44)72/h8,10,12,23-25,29-33,35,40,45,63,69,71,73,78H,9,11,13-22H2,1-7H3,(H2,55,66)(H,56,64)(H,57,74)(H,58,67)(H,59,75)(H,60,76)(H,61,77)/t25-,29-,30-,31-,32-,33-,35-,40-,45+,54-/m0/s1. The zero-order chi connectivity index (χ0) is 59.9. The number of likely N-dealkylation sites (tertiary alicyclic amines) is 1. The van der Waals surface area contributed by atoms with Crippen LogP contribution in [0.15, 0.2) is 18.2 Å². The number of ether oxygens (including phenoxy) is 3. The summed E-state index contributed by atoms with van der Waals surface area (Å²) in [5, 5.41) is 71.8. The molecule has 0 radical (unpaired) electrons. The number of carbonyl (C=O) groups excluding carboxylic acids is 11. The van der Waals surface area contributed by atoms with Crippen LogP contribution in [0.25, 0.3) is 0 Å². The maximum atomic E-state index is 14.2. The number of nitrogens with zero attached hydrogens (tertiary/aromatic N) is 1. The molecule has 0 unspecified atom stereocenters. The zero-order valence-corrected chi connectivity index (χ0v) is 46.0. The second kappa shape index (κ2) is 26.3.